The fourth-order valence-electron chi connectivity index (χ4n) is 1.20. The molecule has 1 aromatic carbocycles. The zero-order chi connectivity index (χ0) is 11.6. The molecule has 0 radical (unpaired) electrons. The molecular formula is C12H15FOS. The van der Waals surface area contributed by atoms with Gasteiger partial charge in [-0.3, -0.25) is 4.79 Å². The molecule has 3 heteroatoms. The predicted octanol–water partition coefficient (Wildman–Crippen LogP) is 3.92. The summed E-state index contributed by atoms with van der Waals surface area (Å²) in [4.78, 5) is 11.8. The summed E-state index contributed by atoms with van der Waals surface area (Å²) in [5.41, 5.74) is 0.468. The van der Waals surface area contributed by atoms with E-state index in [0.29, 0.717) is 10.5 Å². The molecule has 0 saturated carbocycles. The summed E-state index contributed by atoms with van der Waals surface area (Å²) >= 11 is 1.39. The van der Waals surface area contributed by atoms with Crippen LogP contribution in [0.1, 0.15) is 38.1 Å². The molecule has 0 spiro atoms. The number of Topliss-reactive ketones (excluding diaryl/α,β-unsaturated/α-hetero) is 1. The van der Waals surface area contributed by atoms with Crippen LogP contribution in [0.15, 0.2) is 23.1 Å². The lowest BCUT2D eigenvalue weighted by Crippen LogP contribution is -2.09. The minimum Gasteiger partial charge on any atom is -0.294 e. The Morgan fingerprint density at radius 2 is 1.93 bits per heavy atom. The van der Waals surface area contributed by atoms with E-state index >= 15 is 0 Å². The van der Waals surface area contributed by atoms with Crippen LogP contribution in [0.3, 0.4) is 0 Å². The number of hydrogen-bond acceptors (Lipinski definition) is 2. The van der Waals surface area contributed by atoms with Gasteiger partial charge in [0.25, 0.3) is 0 Å². The largest absolute Gasteiger partial charge is 0.294 e. The molecule has 1 rings (SSSR count). The number of rotatable bonds is 2. The SMILES string of the molecule is CC(=O)c1cccc(F)c1SC(C)(C)C. The van der Waals surface area contributed by atoms with E-state index in [2.05, 4.69) is 0 Å². The minimum absolute atomic E-state index is 0.0961. The number of carbonyl (C=O) groups is 1. The van der Waals surface area contributed by atoms with E-state index in [1.165, 1.54) is 24.8 Å². The number of hydrogen-bond donors (Lipinski definition) is 0. The van der Waals surface area contributed by atoms with E-state index in [-0.39, 0.29) is 16.3 Å². The van der Waals surface area contributed by atoms with Crippen molar-refractivity contribution in [2.45, 2.75) is 37.3 Å². The minimum atomic E-state index is -0.317. The molecule has 82 valence electrons. The summed E-state index contributed by atoms with van der Waals surface area (Å²) in [5, 5.41) is 0. The molecule has 0 amide bonds. The smallest absolute Gasteiger partial charge is 0.161 e. The van der Waals surface area contributed by atoms with Crippen molar-refractivity contribution in [3.63, 3.8) is 0 Å². The standard InChI is InChI=1S/C12H15FOS/c1-8(14)9-6-5-7-10(13)11(9)15-12(2,3)4/h5-7H,1-4H3. The maximum atomic E-state index is 13.6. The molecule has 0 saturated heterocycles. The van der Waals surface area contributed by atoms with E-state index in [1.807, 2.05) is 20.8 Å². The molecule has 0 unspecified atom stereocenters. The van der Waals surface area contributed by atoms with E-state index in [0.717, 1.165) is 0 Å². The Hall–Kier alpha value is -0.830. The van der Waals surface area contributed by atoms with Gasteiger partial charge in [-0.25, -0.2) is 4.39 Å². The summed E-state index contributed by atoms with van der Waals surface area (Å²) in [5.74, 6) is -0.413. The van der Waals surface area contributed by atoms with Crippen LogP contribution in [0.5, 0.6) is 0 Å². The van der Waals surface area contributed by atoms with Gasteiger partial charge in [-0.15, -0.1) is 11.8 Å². The molecule has 0 fully saturated rings. The van der Waals surface area contributed by atoms with Crippen molar-refractivity contribution in [2.24, 2.45) is 0 Å². The number of carbonyl (C=O) groups excluding carboxylic acids is 1. The van der Waals surface area contributed by atoms with Crippen molar-refractivity contribution < 1.29 is 9.18 Å². The van der Waals surface area contributed by atoms with E-state index in [4.69, 9.17) is 0 Å². The van der Waals surface area contributed by atoms with Crippen molar-refractivity contribution in [3.8, 4) is 0 Å². The van der Waals surface area contributed by atoms with Crippen LogP contribution in [-0.4, -0.2) is 10.5 Å². The Bertz CT molecular complexity index is 380. The summed E-state index contributed by atoms with van der Waals surface area (Å²) in [6, 6.07) is 4.62. The molecule has 0 aliphatic rings. The molecule has 0 bridgehead atoms. The second kappa shape index (κ2) is 4.35. The average Bonchev–Trinajstić information content (AvgIpc) is 2.05. The van der Waals surface area contributed by atoms with Gasteiger partial charge < -0.3 is 0 Å². The van der Waals surface area contributed by atoms with E-state index in [9.17, 15) is 9.18 Å². The Labute approximate surface area is 94.1 Å². The fourth-order valence-corrected chi connectivity index (χ4v) is 2.30. The van der Waals surface area contributed by atoms with Crippen LogP contribution >= 0.6 is 11.8 Å². The molecule has 1 aromatic rings. The zero-order valence-corrected chi connectivity index (χ0v) is 10.2. The number of benzene rings is 1. The average molecular weight is 226 g/mol. The van der Waals surface area contributed by atoms with Crippen LogP contribution in [0, 0.1) is 5.82 Å². The molecule has 15 heavy (non-hydrogen) atoms. The number of ketones is 1. The van der Waals surface area contributed by atoms with Crippen molar-refractivity contribution in [1.82, 2.24) is 0 Å². The first-order valence-corrected chi connectivity index (χ1v) is 5.61. The maximum Gasteiger partial charge on any atom is 0.161 e. The Balaban J connectivity index is 3.19. The topological polar surface area (TPSA) is 17.1 Å². The van der Waals surface area contributed by atoms with Crippen molar-refractivity contribution in [3.05, 3.63) is 29.6 Å². The Kier molecular flexibility index (Phi) is 3.55. The number of halogens is 1. The lowest BCUT2D eigenvalue weighted by molar-refractivity contribution is 0.101. The fraction of sp³-hybridized carbons (Fsp3) is 0.417. The van der Waals surface area contributed by atoms with Crippen LogP contribution < -0.4 is 0 Å². The van der Waals surface area contributed by atoms with Crippen LogP contribution in [0.4, 0.5) is 4.39 Å². The zero-order valence-electron chi connectivity index (χ0n) is 9.43. The van der Waals surface area contributed by atoms with Gasteiger partial charge in [0.05, 0.1) is 4.90 Å². The van der Waals surface area contributed by atoms with Gasteiger partial charge in [-0.2, -0.15) is 0 Å². The summed E-state index contributed by atoms with van der Waals surface area (Å²) in [6.07, 6.45) is 0. The second-order valence-electron chi connectivity index (χ2n) is 4.39. The second-order valence-corrected chi connectivity index (χ2v) is 6.22. The van der Waals surface area contributed by atoms with Gasteiger partial charge in [0.2, 0.25) is 0 Å². The van der Waals surface area contributed by atoms with Gasteiger partial charge >= 0.3 is 0 Å². The third-order valence-electron chi connectivity index (χ3n) is 1.75. The molecule has 0 heterocycles. The highest BCUT2D eigenvalue weighted by molar-refractivity contribution is 8.00. The first kappa shape index (κ1) is 12.2. The van der Waals surface area contributed by atoms with E-state index in [1.54, 1.807) is 12.1 Å². The van der Waals surface area contributed by atoms with Gasteiger partial charge in [0.1, 0.15) is 5.82 Å². The molecule has 0 atom stereocenters. The first-order valence-electron chi connectivity index (χ1n) is 4.80. The first-order chi connectivity index (χ1) is 6.81. The highest BCUT2D eigenvalue weighted by Crippen LogP contribution is 2.36. The lowest BCUT2D eigenvalue weighted by Gasteiger charge is -2.19. The van der Waals surface area contributed by atoms with Gasteiger partial charge in [0.15, 0.2) is 5.78 Å². The molecule has 0 aliphatic heterocycles. The third kappa shape index (κ3) is 3.34. The van der Waals surface area contributed by atoms with Crippen LogP contribution in [-0.2, 0) is 0 Å². The van der Waals surface area contributed by atoms with Crippen LogP contribution in [0.25, 0.3) is 0 Å². The number of thioether (sulfide) groups is 1. The summed E-state index contributed by atoms with van der Waals surface area (Å²) in [7, 11) is 0. The Morgan fingerprint density at radius 1 is 1.33 bits per heavy atom. The Morgan fingerprint density at radius 3 is 2.40 bits per heavy atom. The van der Waals surface area contributed by atoms with Crippen molar-refractivity contribution >= 4 is 17.5 Å². The van der Waals surface area contributed by atoms with Crippen LogP contribution in [0.2, 0.25) is 0 Å². The van der Waals surface area contributed by atoms with Gasteiger partial charge in [-0.05, 0) is 13.0 Å². The quantitative estimate of drug-likeness (QED) is 0.561. The highest BCUT2D eigenvalue weighted by Gasteiger charge is 2.19. The third-order valence-corrected chi connectivity index (χ3v) is 2.99. The monoisotopic (exact) mass is 226 g/mol. The van der Waals surface area contributed by atoms with Crippen molar-refractivity contribution in [1.29, 1.82) is 0 Å². The maximum absolute atomic E-state index is 13.6. The van der Waals surface area contributed by atoms with Gasteiger partial charge in [-0.1, -0.05) is 32.9 Å². The molecule has 0 aromatic heterocycles. The van der Waals surface area contributed by atoms with Crippen molar-refractivity contribution in [2.75, 3.05) is 0 Å². The van der Waals surface area contributed by atoms with Gasteiger partial charge in [0, 0.05) is 10.3 Å². The molecule has 0 aliphatic carbocycles. The normalized spacial score (nSPS) is 11.5. The molecule has 1 nitrogen and oxygen atoms in total. The molecule has 0 N–H and O–H groups in total. The summed E-state index contributed by atoms with van der Waals surface area (Å²) in [6.45, 7) is 7.44. The lowest BCUT2D eigenvalue weighted by atomic mass is 10.1. The predicted molar refractivity (Wildman–Crippen MR) is 62.0 cm³/mol. The highest BCUT2D eigenvalue weighted by atomic mass is 32.2. The summed E-state index contributed by atoms with van der Waals surface area (Å²) < 4.78 is 13.5. The van der Waals surface area contributed by atoms with E-state index < -0.39 is 0 Å². The molecular weight excluding hydrogens is 211 g/mol.